The van der Waals surface area contributed by atoms with E-state index >= 15 is 0 Å². The number of halogens is 1. The van der Waals surface area contributed by atoms with Gasteiger partial charge >= 0.3 is 0 Å². The first-order valence-electron chi connectivity index (χ1n) is 8.69. The molecule has 3 rings (SSSR count). The number of carbonyl (C=O) groups is 1. The summed E-state index contributed by atoms with van der Waals surface area (Å²) in [5.41, 5.74) is 1.02. The summed E-state index contributed by atoms with van der Waals surface area (Å²) in [6, 6.07) is 7.74. The quantitative estimate of drug-likeness (QED) is 0.617. The number of fused-ring (bicyclic) bond motifs is 1. The Hall–Kier alpha value is -3.26. The molecule has 0 spiro atoms. The molecular formula is C20H20FN3O4. The Kier molecular flexibility index (Phi) is 5.41. The molecule has 0 unspecified atom stereocenters. The van der Waals surface area contributed by atoms with Gasteiger partial charge in [-0.25, -0.2) is 4.39 Å². The molecule has 0 saturated carbocycles. The largest absolute Gasteiger partial charge is 0.505 e. The molecule has 7 nitrogen and oxygen atoms in total. The van der Waals surface area contributed by atoms with Gasteiger partial charge in [0.1, 0.15) is 16.9 Å². The lowest BCUT2D eigenvalue weighted by atomic mass is 10.1. The second-order valence-corrected chi connectivity index (χ2v) is 6.66. The minimum absolute atomic E-state index is 0.0521. The number of rotatable bonds is 5. The third kappa shape index (κ3) is 3.86. The van der Waals surface area contributed by atoms with Crippen LogP contribution in [0.1, 0.15) is 28.4 Å². The standard InChI is InChI=1S/C20H20FN3O4/c1-11(25)9-23-19(27)16-18(26)17-15(24(2)20(16)28)8-13(10-22-17)7-12-3-5-14(21)6-4-12/h3-6,8,10-11,25-26H,7,9H2,1-2H3,(H,23,27)/t11-/m1/s1. The van der Waals surface area contributed by atoms with Gasteiger partial charge in [0.2, 0.25) is 0 Å². The predicted molar refractivity (Wildman–Crippen MR) is 102 cm³/mol. The number of aliphatic hydroxyl groups excluding tert-OH is 1. The van der Waals surface area contributed by atoms with Crippen molar-refractivity contribution in [3.63, 3.8) is 0 Å². The molecular weight excluding hydrogens is 365 g/mol. The Morgan fingerprint density at radius 1 is 1.29 bits per heavy atom. The minimum atomic E-state index is -0.789. The molecule has 1 atom stereocenters. The minimum Gasteiger partial charge on any atom is -0.505 e. The molecule has 0 bridgehead atoms. The molecule has 0 fully saturated rings. The Morgan fingerprint density at radius 2 is 1.96 bits per heavy atom. The van der Waals surface area contributed by atoms with E-state index in [1.807, 2.05) is 0 Å². The molecule has 28 heavy (non-hydrogen) atoms. The van der Waals surface area contributed by atoms with Crippen molar-refractivity contribution in [1.29, 1.82) is 0 Å². The molecule has 3 N–H and O–H groups in total. The second kappa shape index (κ2) is 7.77. The van der Waals surface area contributed by atoms with E-state index in [4.69, 9.17) is 0 Å². The first-order chi connectivity index (χ1) is 13.3. The summed E-state index contributed by atoms with van der Waals surface area (Å²) in [5.74, 6) is -1.61. The number of amides is 1. The number of aromatic hydroxyl groups is 1. The van der Waals surface area contributed by atoms with Gasteiger partial charge in [-0.2, -0.15) is 0 Å². The van der Waals surface area contributed by atoms with Gasteiger partial charge in [0, 0.05) is 19.8 Å². The van der Waals surface area contributed by atoms with Gasteiger partial charge in [-0.1, -0.05) is 12.1 Å². The van der Waals surface area contributed by atoms with Gasteiger partial charge in [-0.15, -0.1) is 0 Å². The van der Waals surface area contributed by atoms with Crippen molar-refractivity contribution in [2.45, 2.75) is 19.4 Å². The molecule has 0 aliphatic heterocycles. The topological polar surface area (TPSA) is 104 Å². The summed E-state index contributed by atoms with van der Waals surface area (Å²) < 4.78 is 14.3. The summed E-state index contributed by atoms with van der Waals surface area (Å²) in [6.07, 6.45) is 1.21. The third-order valence-corrected chi connectivity index (χ3v) is 4.37. The summed E-state index contributed by atoms with van der Waals surface area (Å²) in [4.78, 5) is 29.1. The smallest absolute Gasteiger partial charge is 0.267 e. The highest BCUT2D eigenvalue weighted by Gasteiger charge is 2.22. The maximum absolute atomic E-state index is 13.1. The summed E-state index contributed by atoms with van der Waals surface area (Å²) in [6.45, 7) is 1.44. The van der Waals surface area contributed by atoms with Crippen molar-refractivity contribution in [2.75, 3.05) is 6.54 Å². The number of pyridine rings is 2. The number of hydrogen-bond acceptors (Lipinski definition) is 5. The van der Waals surface area contributed by atoms with Crippen LogP contribution in [-0.4, -0.2) is 38.3 Å². The number of aliphatic hydroxyl groups is 1. The van der Waals surface area contributed by atoms with Crippen LogP contribution in [0, 0.1) is 5.82 Å². The van der Waals surface area contributed by atoms with E-state index in [1.54, 1.807) is 18.2 Å². The van der Waals surface area contributed by atoms with Crippen molar-refractivity contribution in [3.05, 3.63) is 69.4 Å². The molecule has 2 aromatic heterocycles. The van der Waals surface area contributed by atoms with Crippen LogP contribution < -0.4 is 10.9 Å². The first kappa shape index (κ1) is 19.5. The Morgan fingerprint density at radius 3 is 2.61 bits per heavy atom. The van der Waals surface area contributed by atoms with Crippen LogP contribution in [0.4, 0.5) is 4.39 Å². The zero-order valence-electron chi connectivity index (χ0n) is 15.4. The maximum Gasteiger partial charge on any atom is 0.267 e. The van der Waals surface area contributed by atoms with E-state index in [1.165, 1.54) is 36.9 Å². The highest BCUT2D eigenvalue weighted by Crippen LogP contribution is 2.25. The molecule has 0 aliphatic rings. The van der Waals surface area contributed by atoms with Crippen LogP contribution in [0.5, 0.6) is 5.75 Å². The number of aromatic nitrogens is 2. The molecule has 3 aromatic rings. The van der Waals surface area contributed by atoms with Gasteiger partial charge in [0.25, 0.3) is 11.5 Å². The van der Waals surface area contributed by atoms with E-state index < -0.39 is 28.9 Å². The highest BCUT2D eigenvalue weighted by molar-refractivity contribution is 6.01. The number of benzene rings is 1. The van der Waals surface area contributed by atoms with Gasteiger partial charge in [-0.3, -0.25) is 14.6 Å². The maximum atomic E-state index is 13.1. The lowest BCUT2D eigenvalue weighted by Crippen LogP contribution is -2.36. The highest BCUT2D eigenvalue weighted by atomic mass is 19.1. The number of carbonyl (C=O) groups excluding carboxylic acids is 1. The van der Waals surface area contributed by atoms with Gasteiger partial charge in [-0.05, 0) is 42.7 Å². The van der Waals surface area contributed by atoms with Crippen LogP contribution in [-0.2, 0) is 13.5 Å². The SMILES string of the molecule is C[C@@H](O)CNC(=O)c1c(O)c2ncc(Cc3ccc(F)cc3)cc2n(C)c1=O. The third-order valence-electron chi connectivity index (χ3n) is 4.37. The monoisotopic (exact) mass is 385 g/mol. The molecule has 146 valence electrons. The van der Waals surface area contributed by atoms with E-state index in [-0.39, 0.29) is 17.9 Å². The van der Waals surface area contributed by atoms with Crippen molar-refractivity contribution < 1.29 is 19.4 Å². The van der Waals surface area contributed by atoms with E-state index in [0.717, 1.165) is 11.1 Å². The molecule has 0 aliphatic carbocycles. The van der Waals surface area contributed by atoms with E-state index in [0.29, 0.717) is 11.9 Å². The summed E-state index contributed by atoms with van der Waals surface area (Å²) in [7, 11) is 1.49. The number of aryl methyl sites for hydroxylation is 1. The fourth-order valence-corrected chi connectivity index (χ4v) is 2.90. The van der Waals surface area contributed by atoms with Gasteiger partial charge in [0.05, 0.1) is 11.6 Å². The van der Waals surface area contributed by atoms with Crippen molar-refractivity contribution in [1.82, 2.24) is 14.9 Å². The van der Waals surface area contributed by atoms with Crippen LogP contribution in [0.25, 0.3) is 11.0 Å². The van der Waals surface area contributed by atoms with Crippen molar-refractivity contribution in [3.8, 4) is 5.75 Å². The number of hydrogen-bond donors (Lipinski definition) is 3. The number of nitrogens with one attached hydrogen (secondary N) is 1. The molecule has 0 saturated heterocycles. The average molecular weight is 385 g/mol. The molecule has 1 aromatic carbocycles. The first-order valence-corrected chi connectivity index (χ1v) is 8.69. The fraction of sp³-hybridized carbons (Fsp3) is 0.250. The summed E-state index contributed by atoms with van der Waals surface area (Å²) in [5, 5.41) is 22.1. The zero-order chi connectivity index (χ0) is 20.4. The van der Waals surface area contributed by atoms with Crippen LogP contribution in [0.15, 0.2) is 41.3 Å². The lowest BCUT2D eigenvalue weighted by molar-refractivity contribution is 0.0919. The van der Waals surface area contributed by atoms with Crippen LogP contribution >= 0.6 is 0 Å². The molecule has 1 amide bonds. The summed E-state index contributed by atoms with van der Waals surface area (Å²) >= 11 is 0. The Bertz CT molecular complexity index is 1090. The molecule has 8 heteroatoms. The fourth-order valence-electron chi connectivity index (χ4n) is 2.90. The van der Waals surface area contributed by atoms with E-state index in [9.17, 15) is 24.2 Å². The van der Waals surface area contributed by atoms with Crippen molar-refractivity contribution in [2.24, 2.45) is 7.05 Å². The molecule has 0 radical (unpaired) electrons. The molecule has 2 heterocycles. The zero-order valence-corrected chi connectivity index (χ0v) is 15.4. The predicted octanol–water partition coefficient (Wildman–Crippen LogP) is 1.48. The number of nitrogens with zero attached hydrogens (tertiary/aromatic N) is 2. The van der Waals surface area contributed by atoms with Gasteiger partial charge in [0.15, 0.2) is 5.75 Å². The van der Waals surface area contributed by atoms with Crippen molar-refractivity contribution >= 4 is 16.9 Å². The normalized spacial score (nSPS) is 12.1. The average Bonchev–Trinajstić information content (AvgIpc) is 2.66. The second-order valence-electron chi connectivity index (χ2n) is 6.66. The van der Waals surface area contributed by atoms with Crippen LogP contribution in [0.3, 0.4) is 0 Å². The van der Waals surface area contributed by atoms with Crippen LogP contribution in [0.2, 0.25) is 0 Å². The Labute approximate surface area is 160 Å². The van der Waals surface area contributed by atoms with Gasteiger partial charge < -0.3 is 20.1 Å². The Balaban J connectivity index is 2.02. The van der Waals surface area contributed by atoms with E-state index in [2.05, 4.69) is 10.3 Å². The lowest BCUT2D eigenvalue weighted by Gasteiger charge is -2.13.